The summed E-state index contributed by atoms with van der Waals surface area (Å²) < 4.78 is 0. The molecular formula is C16H23ClN2OS. The Morgan fingerprint density at radius 2 is 1.86 bits per heavy atom. The first kappa shape index (κ1) is 16.7. The van der Waals surface area contributed by atoms with Crippen LogP contribution in [0.2, 0.25) is 0 Å². The summed E-state index contributed by atoms with van der Waals surface area (Å²) >= 11 is 1.71. The number of amides is 1. The van der Waals surface area contributed by atoms with Gasteiger partial charge in [0.25, 0.3) is 5.91 Å². The zero-order valence-corrected chi connectivity index (χ0v) is 14.1. The Morgan fingerprint density at radius 1 is 1.19 bits per heavy atom. The Hall–Kier alpha value is -0.710. The van der Waals surface area contributed by atoms with Crippen molar-refractivity contribution in [1.82, 2.24) is 10.2 Å². The molecule has 1 N–H and O–H groups in total. The van der Waals surface area contributed by atoms with Gasteiger partial charge < -0.3 is 10.2 Å². The maximum absolute atomic E-state index is 12.5. The summed E-state index contributed by atoms with van der Waals surface area (Å²) in [7, 11) is 0. The minimum Gasteiger partial charge on any atom is -0.339 e. The highest BCUT2D eigenvalue weighted by molar-refractivity contribution is 7.98. The molecule has 0 bridgehead atoms. The molecule has 3 rings (SSSR count). The van der Waals surface area contributed by atoms with Gasteiger partial charge in [0.05, 0.1) is 0 Å². The highest BCUT2D eigenvalue weighted by Crippen LogP contribution is 2.37. The van der Waals surface area contributed by atoms with Gasteiger partial charge in [-0.15, -0.1) is 24.2 Å². The van der Waals surface area contributed by atoms with E-state index < -0.39 is 0 Å². The van der Waals surface area contributed by atoms with Gasteiger partial charge in [0.15, 0.2) is 0 Å². The summed E-state index contributed by atoms with van der Waals surface area (Å²) in [4.78, 5) is 15.7. The van der Waals surface area contributed by atoms with Gasteiger partial charge in [-0.3, -0.25) is 4.79 Å². The normalized spacial score (nSPS) is 20.3. The van der Waals surface area contributed by atoms with Gasteiger partial charge in [-0.2, -0.15) is 0 Å². The molecule has 1 amide bonds. The van der Waals surface area contributed by atoms with Crippen molar-refractivity contribution in [3.63, 3.8) is 0 Å². The second-order valence-corrected chi connectivity index (χ2v) is 6.83. The summed E-state index contributed by atoms with van der Waals surface area (Å²) in [5.74, 6) is 0.193. The number of rotatable bonds is 2. The number of thioether (sulfide) groups is 1. The Bertz CT molecular complexity index is 476. The van der Waals surface area contributed by atoms with Crippen molar-refractivity contribution in [3.05, 3.63) is 29.8 Å². The molecule has 5 heteroatoms. The fraction of sp³-hybridized carbons (Fsp3) is 0.562. The predicted octanol–water partition coefficient (Wildman–Crippen LogP) is 3.05. The molecule has 2 fully saturated rings. The van der Waals surface area contributed by atoms with E-state index in [1.54, 1.807) is 11.8 Å². The van der Waals surface area contributed by atoms with Crippen LogP contribution in [0.25, 0.3) is 0 Å². The largest absolute Gasteiger partial charge is 0.339 e. The molecule has 3 nitrogen and oxygen atoms in total. The minimum absolute atomic E-state index is 0. The van der Waals surface area contributed by atoms with Crippen molar-refractivity contribution in [2.75, 3.05) is 32.4 Å². The number of nitrogens with one attached hydrogen (secondary N) is 1. The minimum atomic E-state index is 0. The van der Waals surface area contributed by atoms with Crippen LogP contribution in [0.3, 0.4) is 0 Å². The van der Waals surface area contributed by atoms with E-state index in [-0.39, 0.29) is 18.3 Å². The van der Waals surface area contributed by atoms with Gasteiger partial charge in [-0.1, -0.05) is 0 Å². The quantitative estimate of drug-likeness (QED) is 0.848. The molecular weight excluding hydrogens is 304 g/mol. The number of nitrogens with zero attached hydrogens (tertiary/aromatic N) is 1. The van der Waals surface area contributed by atoms with Crippen molar-refractivity contribution < 1.29 is 4.79 Å². The van der Waals surface area contributed by atoms with E-state index in [9.17, 15) is 4.79 Å². The number of halogens is 1. The number of likely N-dealkylation sites (tertiary alicyclic amines) is 1. The monoisotopic (exact) mass is 326 g/mol. The molecule has 0 aromatic heterocycles. The van der Waals surface area contributed by atoms with Crippen molar-refractivity contribution in [1.29, 1.82) is 0 Å². The molecule has 0 saturated carbocycles. The Kier molecular flexibility index (Phi) is 5.58. The Labute approximate surface area is 137 Å². The zero-order valence-electron chi connectivity index (χ0n) is 12.4. The second kappa shape index (κ2) is 7.03. The fourth-order valence-electron chi connectivity index (χ4n) is 3.32. The molecule has 2 saturated heterocycles. The number of benzene rings is 1. The molecule has 0 radical (unpaired) electrons. The van der Waals surface area contributed by atoms with Crippen LogP contribution >= 0.6 is 24.2 Å². The lowest BCUT2D eigenvalue weighted by atomic mass is 9.78. The van der Waals surface area contributed by atoms with Gasteiger partial charge in [0.1, 0.15) is 0 Å². The first-order valence-corrected chi connectivity index (χ1v) is 8.59. The maximum atomic E-state index is 12.5. The van der Waals surface area contributed by atoms with Gasteiger partial charge in [-0.25, -0.2) is 0 Å². The van der Waals surface area contributed by atoms with Crippen LogP contribution in [0, 0.1) is 5.41 Å². The van der Waals surface area contributed by atoms with Gasteiger partial charge in [0.2, 0.25) is 0 Å². The van der Waals surface area contributed by atoms with E-state index in [0.29, 0.717) is 5.41 Å². The van der Waals surface area contributed by atoms with Crippen LogP contribution in [-0.2, 0) is 0 Å². The number of hydrogen-bond donors (Lipinski definition) is 1. The standard InChI is InChI=1S/C16H22N2OS.ClH/c1-20-14-4-2-13(3-5-14)15(19)18-10-7-16(8-11-18)6-9-17-12-16;/h2-5,17H,6-12H2,1H3;1H. The van der Waals surface area contributed by atoms with Crippen molar-refractivity contribution in [2.45, 2.75) is 24.2 Å². The van der Waals surface area contributed by atoms with E-state index in [1.807, 2.05) is 29.2 Å². The predicted molar refractivity (Wildman–Crippen MR) is 90.5 cm³/mol. The first-order valence-electron chi connectivity index (χ1n) is 7.37. The molecule has 1 aromatic rings. The lowest BCUT2D eigenvalue weighted by Crippen LogP contribution is -2.44. The number of carbonyl (C=O) groups is 1. The summed E-state index contributed by atoms with van der Waals surface area (Å²) in [5, 5.41) is 3.47. The third kappa shape index (κ3) is 3.55. The molecule has 2 aliphatic heterocycles. The van der Waals surface area contributed by atoms with E-state index >= 15 is 0 Å². The van der Waals surface area contributed by atoms with Crippen LogP contribution in [0.1, 0.15) is 29.6 Å². The molecule has 0 atom stereocenters. The average molecular weight is 327 g/mol. The molecule has 2 aliphatic rings. The molecule has 0 aliphatic carbocycles. The van der Waals surface area contributed by atoms with Crippen molar-refractivity contribution >= 4 is 30.1 Å². The number of hydrogen-bond acceptors (Lipinski definition) is 3. The smallest absolute Gasteiger partial charge is 0.253 e. The van der Waals surface area contributed by atoms with Gasteiger partial charge in [-0.05, 0) is 61.7 Å². The highest BCUT2D eigenvalue weighted by atomic mass is 35.5. The SMILES string of the molecule is CSc1ccc(C(=O)N2CCC3(CCNC3)CC2)cc1.Cl. The number of carbonyl (C=O) groups excluding carboxylic acids is 1. The van der Waals surface area contributed by atoms with Crippen LogP contribution in [-0.4, -0.2) is 43.2 Å². The van der Waals surface area contributed by atoms with Gasteiger partial charge in [0, 0.05) is 30.1 Å². The van der Waals surface area contributed by atoms with Crippen LogP contribution in [0.15, 0.2) is 29.2 Å². The van der Waals surface area contributed by atoms with E-state index in [1.165, 1.54) is 11.3 Å². The van der Waals surface area contributed by atoms with E-state index in [2.05, 4.69) is 11.6 Å². The third-order valence-electron chi connectivity index (χ3n) is 4.78. The molecule has 1 aromatic carbocycles. The van der Waals surface area contributed by atoms with Crippen LogP contribution in [0.4, 0.5) is 0 Å². The van der Waals surface area contributed by atoms with E-state index in [4.69, 9.17) is 0 Å². The van der Waals surface area contributed by atoms with Gasteiger partial charge >= 0.3 is 0 Å². The fourth-order valence-corrected chi connectivity index (χ4v) is 3.73. The molecule has 2 heterocycles. The molecule has 21 heavy (non-hydrogen) atoms. The summed E-state index contributed by atoms with van der Waals surface area (Å²) in [6.07, 6.45) is 5.62. The molecule has 0 unspecified atom stereocenters. The first-order chi connectivity index (χ1) is 9.72. The van der Waals surface area contributed by atoms with Crippen LogP contribution in [0.5, 0.6) is 0 Å². The summed E-state index contributed by atoms with van der Waals surface area (Å²) in [6, 6.07) is 7.97. The number of piperidine rings is 1. The lowest BCUT2D eigenvalue weighted by Gasteiger charge is -2.38. The Morgan fingerprint density at radius 3 is 2.38 bits per heavy atom. The summed E-state index contributed by atoms with van der Waals surface area (Å²) in [5.41, 5.74) is 1.29. The maximum Gasteiger partial charge on any atom is 0.253 e. The Balaban J connectivity index is 0.00000161. The zero-order chi connectivity index (χ0) is 14.0. The topological polar surface area (TPSA) is 32.3 Å². The second-order valence-electron chi connectivity index (χ2n) is 5.95. The highest BCUT2D eigenvalue weighted by Gasteiger charge is 2.38. The van der Waals surface area contributed by atoms with Crippen LogP contribution < -0.4 is 5.32 Å². The summed E-state index contributed by atoms with van der Waals surface area (Å²) in [6.45, 7) is 4.09. The van der Waals surface area contributed by atoms with E-state index in [0.717, 1.165) is 44.6 Å². The van der Waals surface area contributed by atoms with Crippen molar-refractivity contribution in [2.24, 2.45) is 5.41 Å². The molecule has 116 valence electrons. The third-order valence-corrected chi connectivity index (χ3v) is 5.52. The average Bonchev–Trinajstić information content (AvgIpc) is 2.96. The molecule has 1 spiro atoms. The lowest BCUT2D eigenvalue weighted by molar-refractivity contribution is 0.0607. The van der Waals surface area contributed by atoms with Crippen molar-refractivity contribution in [3.8, 4) is 0 Å².